The van der Waals surface area contributed by atoms with Crippen molar-refractivity contribution in [2.45, 2.75) is 26.8 Å². The third-order valence-corrected chi connectivity index (χ3v) is 7.59. The molecule has 0 aliphatic carbocycles. The van der Waals surface area contributed by atoms with E-state index in [-0.39, 0.29) is 6.61 Å². The SMILES string of the molecule is Cc1ncc(Cn2c(C)c(CCO)s[c]2=[Au][Cl])c(N)n1. The summed E-state index contributed by atoms with van der Waals surface area (Å²) in [5, 5.41) is 9.11. The Morgan fingerprint density at radius 2 is 2.25 bits per heavy atom. The topological polar surface area (TPSA) is 77.0 Å². The number of nitrogens with two attached hydrogens (primary N) is 1. The number of hydrogen-bond donors (Lipinski definition) is 2. The van der Waals surface area contributed by atoms with E-state index < -0.39 is 18.2 Å². The molecule has 0 unspecified atom stereocenters. The Morgan fingerprint density at radius 3 is 2.85 bits per heavy atom. The van der Waals surface area contributed by atoms with Gasteiger partial charge < -0.3 is 0 Å². The average molecular weight is 497 g/mol. The Labute approximate surface area is 134 Å². The van der Waals surface area contributed by atoms with Crippen molar-refractivity contribution in [3.8, 4) is 0 Å². The molecule has 0 atom stereocenters. The van der Waals surface area contributed by atoms with E-state index >= 15 is 0 Å². The molecule has 0 spiro atoms. The van der Waals surface area contributed by atoms with Gasteiger partial charge in [0.2, 0.25) is 0 Å². The van der Waals surface area contributed by atoms with E-state index in [0.717, 1.165) is 14.1 Å². The molecule has 2 heterocycles. The molecule has 0 fully saturated rings. The summed E-state index contributed by atoms with van der Waals surface area (Å²) in [6.45, 7) is 4.64. The number of aliphatic hydroxyl groups excluding tert-OH is 1. The third-order valence-electron chi connectivity index (χ3n) is 2.93. The summed E-state index contributed by atoms with van der Waals surface area (Å²) < 4.78 is 3.31. The van der Waals surface area contributed by atoms with Crippen molar-refractivity contribution in [3.05, 3.63) is 31.0 Å². The Bertz CT molecular complexity index is 683. The zero-order chi connectivity index (χ0) is 14.7. The van der Waals surface area contributed by atoms with Gasteiger partial charge in [0.05, 0.1) is 0 Å². The van der Waals surface area contributed by atoms with Gasteiger partial charge in [-0.2, -0.15) is 0 Å². The van der Waals surface area contributed by atoms with Crippen molar-refractivity contribution in [1.29, 1.82) is 0 Å². The van der Waals surface area contributed by atoms with E-state index in [1.54, 1.807) is 17.5 Å². The van der Waals surface area contributed by atoms with Gasteiger partial charge in [-0.1, -0.05) is 0 Å². The van der Waals surface area contributed by atoms with Gasteiger partial charge in [0.15, 0.2) is 0 Å². The van der Waals surface area contributed by atoms with Gasteiger partial charge >= 0.3 is 134 Å². The molecule has 20 heavy (non-hydrogen) atoms. The first kappa shape index (κ1) is 15.9. The van der Waals surface area contributed by atoms with Crippen LogP contribution in [0.4, 0.5) is 5.82 Å². The first-order valence-electron chi connectivity index (χ1n) is 5.97. The number of aryl methyl sites for hydroxylation is 1. The van der Waals surface area contributed by atoms with Gasteiger partial charge in [0.25, 0.3) is 0 Å². The number of nitrogen functional groups attached to an aromatic ring is 1. The monoisotopic (exact) mass is 496 g/mol. The van der Waals surface area contributed by atoms with E-state index in [0.29, 0.717) is 24.6 Å². The Morgan fingerprint density at radius 1 is 1.50 bits per heavy atom. The molecule has 0 saturated carbocycles. The summed E-state index contributed by atoms with van der Waals surface area (Å²) in [7, 11) is 6.11. The fraction of sp³-hybridized carbons (Fsp3) is 0.417. The number of anilines is 1. The molecule has 0 bridgehead atoms. The van der Waals surface area contributed by atoms with Crippen molar-refractivity contribution in [3.63, 3.8) is 0 Å². The summed E-state index contributed by atoms with van der Waals surface area (Å²) >= 11 is 1.24. The molecule has 0 aromatic carbocycles. The van der Waals surface area contributed by atoms with Crippen molar-refractivity contribution in [1.82, 2.24) is 14.5 Å². The zero-order valence-corrected chi connectivity index (χ0v) is 14.9. The van der Waals surface area contributed by atoms with Gasteiger partial charge in [-0.05, 0) is 0 Å². The molecular formula is C12H16AuClN4OS. The summed E-state index contributed by atoms with van der Waals surface area (Å²) in [6, 6.07) is 0. The molecule has 0 aliphatic heterocycles. The molecule has 0 aliphatic rings. The molecule has 0 radical (unpaired) electrons. The molecule has 3 N–H and O–H groups in total. The van der Waals surface area contributed by atoms with Crippen LogP contribution >= 0.6 is 20.5 Å². The Kier molecular flexibility index (Phi) is 5.54. The number of halogens is 1. The van der Waals surface area contributed by atoms with Crippen LogP contribution < -0.4 is 5.73 Å². The van der Waals surface area contributed by atoms with Gasteiger partial charge in [0, 0.05) is 0 Å². The molecule has 2 aromatic heterocycles. The first-order chi connectivity index (χ1) is 9.56. The Balaban J connectivity index is 2.42. The maximum atomic E-state index is 9.11. The molecule has 0 saturated heterocycles. The van der Waals surface area contributed by atoms with E-state index in [2.05, 4.69) is 14.5 Å². The number of hydrogen-bond acceptors (Lipinski definition) is 5. The second-order valence-electron chi connectivity index (χ2n) is 4.28. The van der Waals surface area contributed by atoms with Crippen LogP contribution in [0.3, 0.4) is 0 Å². The average Bonchev–Trinajstić information content (AvgIpc) is 2.71. The number of aliphatic hydroxyl groups is 1. The van der Waals surface area contributed by atoms with E-state index in [1.807, 2.05) is 13.8 Å². The van der Waals surface area contributed by atoms with Crippen LogP contribution in [0.5, 0.6) is 0 Å². The van der Waals surface area contributed by atoms with E-state index in [9.17, 15) is 0 Å². The van der Waals surface area contributed by atoms with Crippen molar-refractivity contribution in [2.75, 3.05) is 12.3 Å². The zero-order valence-electron chi connectivity index (χ0n) is 11.2. The van der Waals surface area contributed by atoms with Crippen LogP contribution in [0.2, 0.25) is 0 Å². The van der Waals surface area contributed by atoms with Crippen LogP contribution in [0, 0.1) is 16.7 Å². The quantitative estimate of drug-likeness (QED) is 0.634. The van der Waals surface area contributed by atoms with Crippen LogP contribution in [-0.4, -0.2) is 26.2 Å². The normalized spacial score (nSPS) is 12.9. The van der Waals surface area contributed by atoms with Crippen LogP contribution in [0.15, 0.2) is 6.20 Å². The summed E-state index contributed by atoms with van der Waals surface area (Å²) in [5.74, 6) is 1.18. The number of nitrogens with zero attached hydrogens (tertiary/aromatic N) is 3. The Hall–Kier alpha value is -0.500. The second-order valence-corrected chi connectivity index (χ2v) is 8.43. The van der Waals surface area contributed by atoms with Crippen molar-refractivity contribution < 1.29 is 23.3 Å². The van der Waals surface area contributed by atoms with Crippen molar-refractivity contribution in [2.24, 2.45) is 0 Å². The van der Waals surface area contributed by atoms with Crippen LogP contribution in [-0.2, 0) is 31.2 Å². The van der Waals surface area contributed by atoms with Crippen molar-refractivity contribution >= 4 is 26.3 Å². The maximum absolute atomic E-state index is 9.11. The number of rotatable bonds is 4. The molecule has 114 valence electrons. The molecule has 8 heteroatoms. The van der Waals surface area contributed by atoms with Gasteiger partial charge in [0.1, 0.15) is 0 Å². The van der Waals surface area contributed by atoms with Gasteiger partial charge in [-0.3, -0.25) is 0 Å². The predicted molar refractivity (Wildman–Crippen MR) is 77.2 cm³/mol. The summed E-state index contributed by atoms with van der Waals surface area (Å²) in [6.07, 6.45) is 2.43. The predicted octanol–water partition coefficient (Wildman–Crippen LogP) is 1.89. The molecule has 0 amide bonds. The standard InChI is InChI=1S/C12H16N4OS.Au.ClH/c1-8-11(3-4-17)18-7-16(8)6-10-5-14-9(2)15-12(10)13;;/h5,17H,3-4,6H2,1-2H3,(H2,13,14,15);;1H/q;+1;/p-1. The fourth-order valence-electron chi connectivity index (χ4n) is 1.85. The third kappa shape index (κ3) is 3.39. The summed E-state index contributed by atoms with van der Waals surface area (Å²) in [5.41, 5.74) is 7.98. The molecule has 2 aromatic rings. The van der Waals surface area contributed by atoms with E-state index in [1.165, 1.54) is 4.88 Å². The molecule has 5 nitrogen and oxygen atoms in total. The minimum absolute atomic E-state index is 0.149. The molecule has 2 rings (SSSR count). The number of thiazole rings is 1. The number of aromatic nitrogens is 3. The van der Waals surface area contributed by atoms with Gasteiger partial charge in [-0.15, -0.1) is 0 Å². The minimum atomic E-state index is -0.430. The fourth-order valence-corrected chi connectivity index (χ4v) is 5.70. The van der Waals surface area contributed by atoms with Crippen LogP contribution in [0.1, 0.15) is 22.0 Å². The first-order valence-corrected chi connectivity index (χ1v) is 10.6. The van der Waals surface area contributed by atoms with Gasteiger partial charge in [-0.25, -0.2) is 0 Å². The second kappa shape index (κ2) is 6.98. The molecular weight excluding hydrogens is 481 g/mol. The van der Waals surface area contributed by atoms with Crippen LogP contribution in [0.25, 0.3) is 0 Å². The summed E-state index contributed by atoms with van der Waals surface area (Å²) in [4.78, 5) is 9.56. The van der Waals surface area contributed by atoms with E-state index in [4.69, 9.17) is 20.0 Å².